The van der Waals surface area contributed by atoms with Crippen LogP contribution in [0.4, 0.5) is 10.1 Å². The highest BCUT2D eigenvalue weighted by atomic mass is 32.2. The Balaban J connectivity index is 1.78. The number of halogens is 1. The summed E-state index contributed by atoms with van der Waals surface area (Å²) in [6.07, 6.45) is 21.3. The number of benzene rings is 1. The van der Waals surface area contributed by atoms with Crippen molar-refractivity contribution in [3.63, 3.8) is 0 Å². The van der Waals surface area contributed by atoms with Crippen molar-refractivity contribution in [2.45, 2.75) is 101 Å². The maximum absolute atomic E-state index is 13.4. The highest BCUT2D eigenvalue weighted by molar-refractivity contribution is 7.84. The summed E-state index contributed by atoms with van der Waals surface area (Å²) in [4.78, 5) is 43.5. The average Bonchev–Trinajstić information content (AvgIpc) is 3.06. The fourth-order valence-corrected chi connectivity index (χ4v) is 6.07. The Kier molecular flexibility index (Phi) is 15.8. The number of aromatic amines is 1. The number of nitrogens with one attached hydrogen (secondary N) is 2. The predicted molar refractivity (Wildman–Crippen MR) is 180 cm³/mol. The van der Waals surface area contributed by atoms with E-state index in [-0.39, 0.29) is 33.9 Å². The van der Waals surface area contributed by atoms with Crippen molar-refractivity contribution in [3.05, 3.63) is 87.9 Å². The lowest BCUT2D eigenvalue weighted by Crippen LogP contribution is -2.46. The fraction of sp³-hybridized carbons (Fsp3) is 0.444. The van der Waals surface area contributed by atoms with E-state index in [1.165, 1.54) is 80.1 Å². The van der Waals surface area contributed by atoms with Gasteiger partial charge in [0.2, 0.25) is 6.20 Å². The van der Waals surface area contributed by atoms with E-state index in [1.807, 2.05) is 6.07 Å². The first-order valence-corrected chi connectivity index (χ1v) is 18.1. The molecule has 2 aromatic heterocycles. The Morgan fingerprint density at radius 3 is 2.29 bits per heavy atom. The number of hydrogen-bond acceptors (Lipinski definition) is 7. The molecule has 0 aliphatic rings. The summed E-state index contributed by atoms with van der Waals surface area (Å²) in [5, 5.41) is 26.9. The third-order valence-corrected chi connectivity index (χ3v) is 8.96. The molecule has 10 nitrogen and oxygen atoms in total. The summed E-state index contributed by atoms with van der Waals surface area (Å²) in [5.74, 6) is -4.15. The summed E-state index contributed by atoms with van der Waals surface area (Å²) < 4.78 is 26.9. The number of aromatic nitrogens is 3. The molecule has 3 rings (SSSR count). The van der Waals surface area contributed by atoms with Gasteiger partial charge in [-0.1, -0.05) is 75.1 Å². The molecule has 0 aliphatic heterocycles. The maximum atomic E-state index is 13.4. The van der Waals surface area contributed by atoms with Gasteiger partial charge in [-0.3, -0.25) is 13.8 Å². The maximum Gasteiger partial charge on any atom is 0.311 e. The van der Waals surface area contributed by atoms with Crippen LogP contribution in [0.15, 0.2) is 64.6 Å². The van der Waals surface area contributed by atoms with Gasteiger partial charge in [0.1, 0.15) is 23.6 Å². The number of anilines is 1. The summed E-state index contributed by atoms with van der Waals surface area (Å²) >= 11 is 0. The Hall–Kier alpha value is -4.50. The van der Waals surface area contributed by atoms with Gasteiger partial charge in [-0.25, -0.2) is 9.37 Å². The molecule has 0 radical (unpaired) electrons. The number of rotatable bonds is 20. The number of hydrogen-bond donors (Lipinski definition) is 2. The number of carboxylic acid groups (broad SMARTS) is 1. The summed E-state index contributed by atoms with van der Waals surface area (Å²) in [5.41, 5.74) is -1.06. The Bertz CT molecular complexity index is 1680. The molecule has 2 atom stereocenters. The highest BCUT2D eigenvalue weighted by Crippen LogP contribution is 2.25. The van der Waals surface area contributed by atoms with Gasteiger partial charge in [-0.2, -0.15) is 5.26 Å². The lowest BCUT2D eigenvalue weighted by molar-refractivity contribution is -0.662. The number of H-pyrrole nitrogens is 1. The largest absolute Gasteiger partial charge is 0.549 e. The number of unbranched alkanes of at least 4 members (excludes halogenated alkanes) is 10. The SMILES string of the molecule is CCCCCCCC/C=C\CCCCCCC(C(=O)[O-])c1c[n+](-c2cnc(C#N)c(S(C)=O)c2)[nH]c(=O)c1C(=O)Nc1ccc(F)cc1. The van der Waals surface area contributed by atoms with E-state index >= 15 is 0 Å². The predicted octanol–water partition coefficient (Wildman–Crippen LogP) is 5.53. The number of carbonyl (C=O) groups is 2. The molecule has 12 heteroatoms. The number of carboxylic acids is 1. The van der Waals surface area contributed by atoms with Crippen molar-refractivity contribution in [1.82, 2.24) is 10.1 Å². The van der Waals surface area contributed by atoms with Crippen molar-refractivity contribution in [2.75, 3.05) is 11.6 Å². The number of nitrogens with zero attached hydrogens (tertiary/aromatic N) is 3. The monoisotopic (exact) mass is 677 g/mol. The van der Waals surface area contributed by atoms with Crippen LogP contribution in [0, 0.1) is 17.1 Å². The van der Waals surface area contributed by atoms with Crippen LogP contribution in [0.2, 0.25) is 0 Å². The molecule has 0 fully saturated rings. The van der Waals surface area contributed by atoms with Crippen LogP contribution >= 0.6 is 0 Å². The molecule has 2 unspecified atom stereocenters. The van der Waals surface area contributed by atoms with E-state index in [1.54, 1.807) is 0 Å². The van der Waals surface area contributed by atoms with Crippen molar-refractivity contribution >= 4 is 28.4 Å². The Labute approximate surface area is 283 Å². The van der Waals surface area contributed by atoms with E-state index in [9.17, 15) is 33.4 Å². The molecule has 0 spiro atoms. The van der Waals surface area contributed by atoms with Crippen LogP contribution in [-0.4, -0.2) is 32.4 Å². The van der Waals surface area contributed by atoms with Crippen molar-refractivity contribution < 1.29 is 28.0 Å². The fourth-order valence-electron chi connectivity index (χ4n) is 5.41. The molecule has 0 aliphatic carbocycles. The number of aliphatic carboxylic acids is 1. The van der Waals surface area contributed by atoms with Crippen LogP contribution in [-0.2, 0) is 15.6 Å². The third-order valence-electron chi connectivity index (χ3n) is 8.03. The molecule has 2 heterocycles. The zero-order chi connectivity index (χ0) is 34.9. The van der Waals surface area contributed by atoms with Gasteiger partial charge >= 0.3 is 5.56 Å². The van der Waals surface area contributed by atoms with Crippen molar-refractivity contribution in [3.8, 4) is 11.8 Å². The van der Waals surface area contributed by atoms with Crippen LogP contribution in [0.3, 0.4) is 0 Å². The number of carbonyl (C=O) groups excluding carboxylic acids is 2. The van der Waals surface area contributed by atoms with E-state index in [2.05, 4.69) is 34.5 Å². The van der Waals surface area contributed by atoms with Gasteiger partial charge in [0.25, 0.3) is 11.6 Å². The number of nitriles is 1. The minimum atomic E-state index is -1.59. The summed E-state index contributed by atoms with van der Waals surface area (Å²) in [7, 11) is -1.59. The first kappa shape index (κ1) is 38.0. The van der Waals surface area contributed by atoms with E-state index in [0.29, 0.717) is 6.42 Å². The highest BCUT2D eigenvalue weighted by Gasteiger charge is 2.29. The molecular formula is C36H44FN5O5S. The molecule has 1 amide bonds. The Morgan fingerprint density at radius 1 is 1.06 bits per heavy atom. The van der Waals surface area contributed by atoms with Crippen LogP contribution in [0.25, 0.3) is 5.69 Å². The van der Waals surface area contributed by atoms with Gasteiger partial charge in [-0.15, -0.1) is 5.10 Å². The summed E-state index contributed by atoms with van der Waals surface area (Å²) in [6.45, 7) is 2.21. The van der Waals surface area contributed by atoms with Crippen LogP contribution in [0.5, 0.6) is 0 Å². The minimum Gasteiger partial charge on any atom is -0.549 e. The number of pyridine rings is 1. The second-order valence-corrected chi connectivity index (χ2v) is 13.1. The first-order valence-electron chi connectivity index (χ1n) is 16.5. The zero-order valence-corrected chi connectivity index (χ0v) is 28.5. The van der Waals surface area contributed by atoms with E-state index in [0.717, 1.165) is 44.2 Å². The second kappa shape index (κ2) is 20.0. The molecule has 2 N–H and O–H groups in total. The second-order valence-electron chi connectivity index (χ2n) is 11.7. The van der Waals surface area contributed by atoms with Gasteiger partial charge in [-0.05, 0) is 56.4 Å². The van der Waals surface area contributed by atoms with Gasteiger partial charge < -0.3 is 15.2 Å². The molecule has 3 aromatic rings. The lowest BCUT2D eigenvalue weighted by Gasteiger charge is -2.19. The molecular weight excluding hydrogens is 633 g/mol. The average molecular weight is 678 g/mol. The lowest BCUT2D eigenvalue weighted by atomic mass is 9.90. The third kappa shape index (κ3) is 11.6. The quantitative estimate of drug-likeness (QED) is 0.0904. The zero-order valence-electron chi connectivity index (χ0n) is 27.6. The van der Waals surface area contributed by atoms with Gasteiger partial charge in [0.15, 0.2) is 5.69 Å². The normalized spacial score (nSPS) is 12.5. The molecule has 48 heavy (non-hydrogen) atoms. The summed E-state index contributed by atoms with van der Waals surface area (Å²) in [6, 6.07) is 8.19. The van der Waals surface area contributed by atoms with E-state index < -0.39 is 45.5 Å². The van der Waals surface area contributed by atoms with Gasteiger partial charge in [0, 0.05) is 35.5 Å². The minimum absolute atomic E-state index is 0.0565. The standard InChI is InChI=1S/C36H44FN5O5S/c1-3-4-5-6-7-8-9-10-11-12-13-14-15-16-17-29(36(45)46)30-25-42(28-22-32(48(2)47)31(23-38)39-24-28)41-35(44)33(30)34(43)40-27-20-18-26(37)19-21-27/h10-11,18-22,24-25,29H,3-9,12-17H2,1-2H3,(H2-,40,41,43,44,45,46)/b11-10-. The molecule has 1 aromatic carbocycles. The van der Waals surface area contributed by atoms with E-state index in [4.69, 9.17) is 0 Å². The van der Waals surface area contributed by atoms with Crippen molar-refractivity contribution in [2.24, 2.45) is 0 Å². The molecule has 0 bridgehead atoms. The van der Waals surface area contributed by atoms with Gasteiger partial charge in [0.05, 0.1) is 15.7 Å². The smallest absolute Gasteiger partial charge is 0.311 e. The number of allylic oxidation sites excluding steroid dienone is 2. The molecule has 0 saturated heterocycles. The number of amides is 1. The Morgan fingerprint density at radius 2 is 1.69 bits per heavy atom. The molecule has 0 saturated carbocycles. The molecule has 256 valence electrons. The topological polar surface area (TPSA) is 160 Å². The van der Waals surface area contributed by atoms with Crippen LogP contribution < -0.4 is 20.7 Å². The first-order chi connectivity index (χ1) is 23.2. The van der Waals surface area contributed by atoms with Crippen LogP contribution in [0.1, 0.15) is 118 Å². The van der Waals surface area contributed by atoms with Crippen molar-refractivity contribution in [1.29, 1.82) is 5.26 Å².